The number of hydrogen-bond acceptors (Lipinski definition) is 7. The number of carbonyl (C=O) groups excluding carboxylic acids is 2. The largest absolute Gasteiger partial charge is 0.496 e. The summed E-state index contributed by atoms with van der Waals surface area (Å²) >= 11 is 0. The number of amides is 1. The lowest BCUT2D eigenvalue weighted by Crippen LogP contribution is -2.60. The zero-order chi connectivity index (χ0) is 32.6. The van der Waals surface area contributed by atoms with E-state index >= 15 is 0 Å². The Hall–Kier alpha value is -3.25. The van der Waals surface area contributed by atoms with E-state index in [0.717, 1.165) is 88.7 Å². The first kappa shape index (κ1) is 31.0. The van der Waals surface area contributed by atoms with Crippen molar-refractivity contribution in [2.45, 2.75) is 81.8 Å². The van der Waals surface area contributed by atoms with Gasteiger partial charge in [0.15, 0.2) is 5.78 Å². The molecule has 0 bridgehead atoms. The minimum absolute atomic E-state index is 0.208. The topological polar surface area (TPSA) is 113 Å². The van der Waals surface area contributed by atoms with Crippen molar-refractivity contribution < 1.29 is 22.7 Å². The number of aromatic nitrogens is 1. The zero-order valence-electron chi connectivity index (χ0n) is 27.5. The first-order valence-corrected chi connectivity index (χ1v) is 18.7. The molecule has 47 heavy (non-hydrogen) atoms. The maximum absolute atomic E-state index is 14.8. The molecule has 2 unspecified atom stereocenters. The van der Waals surface area contributed by atoms with Crippen LogP contribution in [-0.4, -0.2) is 86.8 Å². The van der Waals surface area contributed by atoms with Crippen LogP contribution in [0.3, 0.4) is 0 Å². The summed E-state index contributed by atoms with van der Waals surface area (Å²) in [5, 5.41) is 4.64. The Balaban J connectivity index is 1.30. The monoisotopic (exact) mass is 659 g/mol. The molecule has 2 saturated heterocycles. The van der Waals surface area contributed by atoms with E-state index in [4.69, 9.17) is 4.74 Å². The van der Waals surface area contributed by atoms with Gasteiger partial charge in [-0.05, 0) is 79.0 Å². The molecule has 3 aliphatic carbocycles. The average Bonchev–Trinajstić information content (AvgIpc) is 3.40. The van der Waals surface area contributed by atoms with Crippen LogP contribution in [0.5, 0.6) is 5.75 Å². The number of piperazine rings is 1. The molecule has 0 radical (unpaired) electrons. The number of rotatable bonds is 7. The highest BCUT2D eigenvalue weighted by Gasteiger charge is 2.50. The minimum Gasteiger partial charge on any atom is -0.496 e. The van der Waals surface area contributed by atoms with E-state index in [1.54, 1.807) is 7.11 Å². The van der Waals surface area contributed by atoms with Gasteiger partial charge in [0, 0.05) is 62.7 Å². The highest BCUT2D eigenvalue weighted by molar-refractivity contribution is 7.87. The van der Waals surface area contributed by atoms with E-state index in [2.05, 4.69) is 49.9 Å². The zero-order valence-corrected chi connectivity index (χ0v) is 28.4. The number of ketones is 1. The minimum atomic E-state index is -3.98. The Kier molecular flexibility index (Phi) is 7.74. The van der Waals surface area contributed by atoms with Gasteiger partial charge in [-0.3, -0.25) is 14.5 Å². The summed E-state index contributed by atoms with van der Waals surface area (Å²) in [5.41, 5.74) is 6.52. The van der Waals surface area contributed by atoms with Crippen molar-refractivity contribution in [1.29, 1.82) is 0 Å². The van der Waals surface area contributed by atoms with Gasteiger partial charge in [0.25, 0.3) is 5.91 Å². The standard InChI is InChI=1S/C36H45N5O5S/c1-39(2)47(44,45)38-36(43)32-26-20-41-28(19-25-29(46-3)15-14-22(34(25)41)21-9-5-4-6-10-21)30-23(31(26)32)11-7-12-24(30)35(42)33-27-13-8-17-40(27)18-16-37-33/h7,11,14-15,19,21,24,27,30,33,37H,4-6,8-10,12-13,16-18,20H2,1-3H3,(H,38,43)/t24-,27+,30?,33?/m1/s1. The molecule has 1 aromatic heterocycles. The summed E-state index contributed by atoms with van der Waals surface area (Å²) in [6.45, 7) is 3.25. The van der Waals surface area contributed by atoms with Crippen molar-refractivity contribution in [3.63, 3.8) is 0 Å². The number of carbonyl (C=O) groups is 2. The fraction of sp³-hybridized carbons (Fsp3) is 0.556. The third-order valence-corrected chi connectivity index (χ3v) is 13.1. The van der Waals surface area contributed by atoms with Gasteiger partial charge in [-0.2, -0.15) is 12.7 Å². The second kappa shape index (κ2) is 11.7. The van der Waals surface area contributed by atoms with Crippen molar-refractivity contribution >= 4 is 32.8 Å². The first-order chi connectivity index (χ1) is 22.7. The summed E-state index contributed by atoms with van der Waals surface area (Å²) < 4.78 is 37.0. The summed E-state index contributed by atoms with van der Waals surface area (Å²) in [4.78, 5) is 30.9. The van der Waals surface area contributed by atoms with Crippen molar-refractivity contribution in [1.82, 2.24) is 23.8 Å². The van der Waals surface area contributed by atoms with Gasteiger partial charge in [0.1, 0.15) is 5.75 Å². The predicted octanol–water partition coefficient (Wildman–Crippen LogP) is 3.91. The van der Waals surface area contributed by atoms with Gasteiger partial charge in [-0.25, -0.2) is 4.72 Å². The van der Waals surface area contributed by atoms with Crippen LogP contribution >= 0.6 is 0 Å². The maximum atomic E-state index is 14.8. The van der Waals surface area contributed by atoms with E-state index in [1.807, 2.05) is 0 Å². The second-order valence-corrected chi connectivity index (χ2v) is 16.2. The van der Waals surface area contributed by atoms with Gasteiger partial charge in [-0.15, -0.1) is 0 Å². The Morgan fingerprint density at radius 3 is 2.64 bits per heavy atom. The van der Waals surface area contributed by atoms with Crippen molar-refractivity contribution in [3.8, 4) is 5.75 Å². The third kappa shape index (κ3) is 5.03. The van der Waals surface area contributed by atoms with Crippen LogP contribution in [0.1, 0.15) is 74.5 Å². The predicted molar refractivity (Wildman–Crippen MR) is 180 cm³/mol. The lowest BCUT2D eigenvalue weighted by molar-refractivity contribution is -0.127. The molecule has 250 valence electrons. The molecule has 6 aliphatic rings. The Morgan fingerprint density at radius 2 is 1.87 bits per heavy atom. The van der Waals surface area contributed by atoms with Gasteiger partial charge >= 0.3 is 10.2 Å². The number of Topliss-reactive ketones (excluding diaryl/α,β-unsaturated/α-hetero) is 1. The molecule has 3 fully saturated rings. The molecule has 2 aromatic rings. The number of allylic oxidation sites excluding steroid dienone is 4. The van der Waals surface area contributed by atoms with Crippen molar-refractivity contribution in [2.75, 3.05) is 40.8 Å². The summed E-state index contributed by atoms with van der Waals surface area (Å²) in [7, 11) is 0.532. The van der Waals surface area contributed by atoms with E-state index in [1.165, 1.54) is 38.9 Å². The number of benzene rings is 1. The number of hydrogen-bond donors (Lipinski definition) is 2. The molecule has 4 heterocycles. The van der Waals surface area contributed by atoms with Crippen LogP contribution in [0.25, 0.3) is 10.9 Å². The van der Waals surface area contributed by atoms with Crippen LogP contribution in [-0.2, 0) is 26.3 Å². The highest BCUT2D eigenvalue weighted by Crippen LogP contribution is 2.55. The fourth-order valence-corrected chi connectivity index (χ4v) is 9.85. The van der Waals surface area contributed by atoms with Crippen LogP contribution < -0.4 is 14.8 Å². The highest BCUT2D eigenvalue weighted by atomic mass is 32.2. The van der Waals surface area contributed by atoms with Gasteiger partial charge in [0.2, 0.25) is 0 Å². The average molecular weight is 660 g/mol. The van der Waals surface area contributed by atoms with E-state index in [-0.39, 0.29) is 29.7 Å². The molecule has 1 aromatic carbocycles. The molecular formula is C36H45N5O5S. The van der Waals surface area contributed by atoms with E-state index in [9.17, 15) is 18.0 Å². The van der Waals surface area contributed by atoms with Crippen molar-refractivity contribution in [3.05, 3.63) is 63.9 Å². The van der Waals surface area contributed by atoms with Gasteiger partial charge in [-0.1, -0.05) is 37.5 Å². The summed E-state index contributed by atoms with van der Waals surface area (Å²) in [5.74, 6) is 0.257. The van der Waals surface area contributed by atoms with Crippen LogP contribution in [0.15, 0.2) is 52.6 Å². The lowest BCUT2D eigenvalue weighted by atomic mass is 9.72. The Morgan fingerprint density at radius 1 is 1.06 bits per heavy atom. The molecule has 1 amide bonds. The third-order valence-electron chi connectivity index (χ3n) is 11.7. The van der Waals surface area contributed by atoms with Gasteiger partial charge < -0.3 is 14.6 Å². The summed E-state index contributed by atoms with van der Waals surface area (Å²) in [6, 6.07) is 6.51. The summed E-state index contributed by atoms with van der Waals surface area (Å²) in [6.07, 6.45) is 12.8. The maximum Gasteiger partial charge on any atom is 0.303 e. The Labute approximate surface area is 277 Å². The molecule has 1 saturated carbocycles. The molecule has 3 aliphatic heterocycles. The number of nitrogens with one attached hydrogen (secondary N) is 2. The molecular weight excluding hydrogens is 614 g/mol. The number of ether oxygens (including phenoxy) is 1. The SMILES string of the molecule is COc1ccc(C2CCCCC2)c2c1cc1n2CC2=C(C(=O)NS(=O)(=O)N(C)C)C2=C2C=CC[C@@H](C(=O)C3NCCN4CCC[C@@H]34)C21. The lowest BCUT2D eigenvalue weighted by Gasteiger charge is -2.40. The number of nitrogens with zero attached hydrogens (tertiary/aromatic N) is 3. The first-order valence-electron chi connectivity index (χ1n) is 17.3. The second-order valence-electron chi connectivity index (χ2n) is 14.3. The van der Waals surface area contributed by atoms with Crippen LogP contribution in [0, 0.1) is 5.92 Å². The Bertz CT molecular complexity index is 1860. The molecule has 10 nitrogen and oxygen atoms in total. The van der Waals surface area contributed by atoms with E-state index < -0.39 is 16.1 Å². The normalized spacial score (nSPS) is 27.7. The molecule has 8 rings (SSSR count). The number of fused-ring (bicyclic) bond motifs is 7. The molecule has 11 heteroatoms. The molecule has 2 N–H and O–H groups in total. The van der Waals surface area contributed by atoms with Crippen molar-refractivity contribution in [2.24, 2.45) is 5.92 Å². The quantitative estimate of drug-likeness (QED) is 0.464. The van der Waals surface area contributed by atoms with Crippen LogP contribution in [0.2, 0.25) is 0 Å². The number of methoxy groups -OCH3 is 1. The smallest absolute Gasteiger partial charge is 0.303 e. The molecule has 0 spiro atoms. The van der Waals surface area contributed by atoms with E-state index in [0.29, 0.717) is 24.5 Å². The van der Waals surface area contributed by atoms with Crippen LogP contribution in [0.4, 0.5) is 0 Å². The fourth-order valence-electron chi connectivity index (χ4n) is 9.33. The van der Waals surface area contributed by atoms with Gasteiger partial charge in [0.05, 0.1) is 24.2 Å². The molecule has 4 atom stereocenters.